The van der Waals surface area contributed by atoms with E-state index in [9.17, 15) is 4.79 Å². The Balaban J connectivity index is 2.35. The van der Waals surface area contributed by atoms with Gasteiger partial charge in [-0.3, -0.25) is 4.79 Å². The summed E-state index contributed by atoms with van der Waals surface area (Å²) in [5.41, 5.74) is 0. The van der Waals surface area contributed by atoms with Crippen LogP contribution in [0.15, 0.2) is 0 Å². The van der Waals surface area contributed by atoms with Gasteiger partial charge in [-0.25, -0.2) is 0 Å². The molecule has 1 fully saturated rings. The van der Waals surface area contributed by atoms with E-state index in [1.807, 2.05) is 0 Å². The number of Topliss-reactive ketones (excluding diaryl/α,β-unsaturated/α-hetero) is 1. The fourth-order valence-corrected chi connectivity index (χ4v) is 1.59. The molecule has 0 saturated carbocycles. The highest BCUT2D eigenvalue weighted by Crippen LogP contribution is 2.21. The first-order valence-corrected chi connectivity index (χ1v) is 4.58. The van der Waals surface area contributed by atoms with Crippen molar-refractivity contribution in [2.24, 2.45) is 0 Å². The molecule has 2 nitrogen and oxygen atoms in total. The van der Waals surface area contributed by atoms with Gasteiger partial charge in [-0.15, -0.1) is 0 Å². The molecule has 1 heterocycles. The maximum Gasteiger partial charge on any atom is 0.158 e. The second-order valence-electron chi connectivity index (χ2n) is 2.59. The smallest absolute Gasteiger partial charge is 0.158 e. The normalized spacial score (nSPS) is 32.6. The van der Waals surface area contributed by atoms with Crippen LogP contribution in [0.3, 0.4) is 0 Å². The van der Waals surface area contributed by atoms with E-state index in [0.29, 0.717) is 0 Å². The Kier molecular flexibility index (Phi) is 2.86. The number of rotatable bonds is 2. The van der Waals surface area contributed by atoms with E-state index in [1.165, 1.54) is 0 Å². The number of hydrogen-bond acceptors (Lipinski definition) is 2. The van der Waals surface area contributed by atoms with Crippen molar-refractivity contribution in [2.45, 2.75) is 32.0 Å². The number of ether oxygens (including phenoxy) is 1. The Morgan fingerprint density at radius 3 is 2.70 bits per heavy atom. The van der Waals surface area contributed by atoms with Gasteiger partial charge in [0.1, 0.15) is 6.10 Å². The summed E-state index contributed by atoms with van der Waals surface area (Å²) in [5, 5.41) is 0.844. The van der Waals surface area contributed by atoms with Gasteiger partial charge in [0.15, 0.2) is 5.78 Å². The molecule has 58 valence electrons. The van der Waals surface area contributed by atoms with Crippen molar-refractivity contribution < 1.29 is 9.53 Å². The molecule has 0 aromatic heterocycles. The zero-order valence-electron chi connectivity index (χ0n) is 5.97. The summed E-state index contributed by atoms with van der Waals surface area (Å²) in [6.45, 7) is 1.58. The summed E-state index contributed by atoms with van der Waals surface area (Å²) in [4.78, 5) is 10.8. The second kappa shape index (κ2) is 3.49. The van der Waals surface area contributed by atoms with Gasteiger partial charge in [-0.1, -0.05) is 15.9 Å². The Labute approximate surface area is 69.1 Å². The third-order valence-corrected chi connectivity index (χ3v) is 2.46. The van der Waals surface area contributed by atoms with E-state index < -0.39 is 0 Å². The van der Waals surface area contributed by atoms with Gasteiger partial charge >= 0.3 is 0 Å². The molecule has 2 atom stereocenters. The molecule has 0 spiro atoms. The summed E-state index contributed by atoms with van der Waals surface area (Å²) < 4.78 is 5.38. The molecule has 3 heteroatoms. The number of carbonyl (C=O) groups excluding carboxylic acids is 1. The number of hydrogen-bond donors (Lipinski definition) is 0. The minimum Gasteiger partial charge on any atom is -0.366 e. The van der Waals surface area contributed by atoms with Crippen LogP contribution in [0.5, 0.6) is 0 Å². The first-order chi connectivity index (χ1) is 4.74. The molecule has 0 amide bonds. The van der Waals surface area contributed by atoms with Crippen LogP contribution in [-0.4, -0.2) is 23.3 Å². The van der Waals surface area contributed by atoms with Crippen molar-refractivity contribution in [2.75, 3.05) is 5.33 Å². The van der Waals surface area contributed by atoms with Crippen LogP contribution in [0.2, 0.25) is 0 Å². The molecule has 2 unspecified atom stereocenters. The van der Waals surface area contributed by atoms with E-state index >= 15 is 0 Å². The van der Waals surface area contributed by atoms with E-state index in [4.69, 9.17) is 4.74 Å². The first kappa shape index (κ1) is 8.21. The summed E-state index contributed by atoms with van der Waals surface area (Å²) in [7, 11) is 0. The van der Waals surface area contributed by atoms with Crippen molar-refractivity contribution in [3.63, 3.8) is 0 Å². The largest absolute Gasteiger partial charge is 0.366 e. The highest BCUT2D eigenvalue weighted by molar-refractivity contribution is 9.09. The highest BCUT2D eigenvalue weighted by Gasteiger charge is 2.26. The van der Waals surface area contributed by atoms with Gasteiger partial charge < -0.3 is 4.74 Å². The molecule has 10 heavy (non-hydrogen) atoms. The van der Waals surface area contributed by atoms with Crippen molar-refractivity contribution in [3.05, 3.63) is 0 Å². The molecule has 1 saturated heterocycles. The predicted molar refractivity (Wildman–Crippen MR) is 42.4 cm³/mol. The zero-order chi connectivity index (χ0) is 7.56. The van der Waals surface area contributed by atoms with Gasteiger partial charge in [0.2, 0.25) is 0 Å². The van der Waals surface area contributed by atoms with Crippen LogP contribution in [0.25, 0.3) is 0 Å². The lowest BCUT2D eigenvalue weighted by Gasteiger charge is -2.07. The maximum atomic E-state index is 10.8. The van der Waals surface area contributed by atoms with Gasteiger partial charge in [0.05, 0.1) is 6.10 Å². The fraction of sp³-hybridized carbons (Fsp3) is 0.857. The number of halogens is 1. The van der Waals surface area contributed by atoms with Crippen molar-refractivity contribution in [1.82, 2.24) is 0 Å². The third-order valence-electron chi connectivity index (χ3n) is 1.73. The van der Waals surface area contributed by atoms with Crippen molar-refractivity contribution in [1.29, 1.82) is 0 Å². The molecule has 1 aliphatic rings. The van der Waals surface area contributed by atoms with Crippen molar-refractivity contribution >= 4 is 21.7 Å². The number of ketones is 1. The Bertz CT molecular complexity index is 136. The summed E-state index contributed by atoms with van der Waals surface area (Å²) >= 11 is 3.32. The van der Waals surface area contributed by atoms with Gasteiger partial charge in [-0.2, -0.15) is 0 Å². The maximum absolute atomic E-state index is 10.8. The van der Waals surface area contributed by atoms with Crippen LogP contribution in [-0.2, 0) is 9.53 Å². The van der Waals surface area contributed by atoms with Gasteiger partial charge in [-0.05, 0) is 19.8 Å². The summed E-state index contributed by atoms with van der Waals surface area (Å²) in [5.74, 6) is 0.156. The fourth-order valence-electron chi connectivity index (χ4n) is 1.12. The van der Waals surface area contributed by atoms with Crippen LogP contribution in [0.4, 0.5) is 0 Å². The minimum absolute atomic E-state index is 0.123. The second-order valence-corrected chi connectivity index (χ2v) is 3.24. The summed E-state index contributed by atoms with van der Waals surface area (Å²) in [6.07, 6.45) is 2.04. The van der Waals surface area contributed by atoms with Gasteiger partial charge in [0.25, 0.3) is 0 Å². The lowest BCUT2D eigenvalue weighted by molar-refractivity contribution is -0.127. The average molecular weight is 207 g/mol. The standard InChI is InChI=1S/C7H11BrO2/c1-5(9)7-3-2-6(4-8)10-7/h6-7H,2-4H2,1H3. The van der Waals surface area contributed by atoms with E-state index in [2.05, 4.69) is 15.9 Å². The number of carbonyl (C=O) groups is 1. The molecule has 0 N–H and O–H groups in total. The topological polar surface area (TPSA) is 26.3 Å². The van der Waals surface area contributed by atoms with Crippen molar-refractivity contribution in [3.8, 4) is 0 Å². The molecular formula is C7H11BrO2. The first-order valence-electron chi connectivity index (χ1n) is 3.46. The molecule has 0 aliphatic carbocycles. The van der Waals surface area contributed by atoms with E-state index in [1.54, 1.807) is 6.92 Å². The van der Waals surface area contributed by atoms with E-state index in [0.717, 1.165) is 18.2 Å². The Morgan fingerprint density at radius 2 is 2.40 bits per heavy atom. The van der Waals surface area contributed by atoms with Crippen LogP contribution in [0.1, 0.15) is 19.8 Å². The van der Waals surface area contributed by atoms with Crippen LogP contribution >= 0.6 is 15.9 Å². The molecule has 1 aliphatic heterocycles. The average Bonchev–Trinajstić information content (AvgIpc) is 2.34. The molecule has 0 radical (unpaired) electrons. The Morgan fingerprint density at radius 1 is 1.70 bits per heavy atom. The predicted octanol–water partition coefficient (Wildman–Crippen LogP) is 1.52. The highest BCUT2D eigenvalue weighted by atomic mass is 79.9. The Hall–Kier alpha value is 0.110. The third kappa shape index (κ3) is 1.80. The van der Waals surface area contributed by atoms with Crippen LogP contribution in [0, 0.1) is 0 Å². The molecule has 0 aromatic carbocycles. The van der Waals surface area contributed by atoms with Crippen LogP contribution < -0.4 is 0 Å². The minimum atomic E-state index is -0.123. The van der Waals surface area contributed by atoms with Gasteiger partial charge in [0, 0.05) is 5.33 Å². The van der Waals surface area contributed by atoms with E-state index in [-0.39, 0.29) is 18.0 Å². The molecule has 0 aromatic rings. The zero-order valence-corrected chi connectivity index (χ0v) is 7.56. The molecule has 1 rings (SSSR count). The monoisotopic (exact) mass is 206 g/mol. The SMILES string of the molecule is CC(=O)C1CCC(CBr)O1. The lowest BCUT2D eigenvalue weighted by atomic mass is 10.1. The quantitative estimate of drug-likeness (QED) is 0.641. The number of alkyl halides is 1. The lowest BCUT2D eigenvalue weighted by Crippen LogP contribution is -2.18. The summed E-state index contributed by atoms with van der Waals surface area (Å²) in [6, 6.07) is 0. The molecular weight excluding hydrogens is 196 g/mol. The molecule has 0 bridgehead atoms.